The first-order chi connectivity index (χ1) is 11.1. The minimum Gasteiger partial charge on any atom is -0.467 e. The molecule has 0 fully saturated rings. The molecule has 2 rings (SSSR count). The Hall–Kier alpha value is -3.15. The Bertz CT molecular complexity index is 693. The van der Waals surface area contributed by atoms with Crippen molar-refractivity contribution in [2.24, 2.45) is 0 Å². The van der Waals surface area contributed by atoms with E-state index in [4.69, 9.17) is 4.42 Å². The number of nitrogens with one attached hydrogen (secondary N) is 1. The van der Waals surface area contributed by atoms with Crippen molar-refractivity contribution in [2.75, 3.05) is 7.05 Å². The van der Waals surface area contributed by atoms with Crippen molar-refractivity contribution >= 4 is 24.3 Å². The molecule has 1 heterocycles. The second-order valence-corrected chi connectivity index (χ2v) is 4.66. The Morgan fingerprint density at radius 2 is 1.96 bits per heavy atom. The zero-order valence-electron chi connectivity index (χ0n) is 12.4. The summed E-state index contributed by atoms with van der Waals surface area (Å²) in [4.78, 5) is 35.8. The number of benzene rings is 1. The number of furan rings is 1. The van der Waals surface area contributed by atoms with Crippen LogP contribution in [-0.4, -0.2) is 30.2 Å². The molecule has 3 amide bonds. The fourth-order valence-electron chi connectivity index (χ4n) is 1.78. The molecule has 0 saturated heterocycles. The van der Waals surface area contributed by atoms with Crippen molar-refractivity contribution in [3.05, 3.63) is 66.1 Å². The lowest BCUT2D eigenvalue weighted by atomic mass is 10.2. The van der Waals surface area contributed by atoms with Gasteiger partial charge >= 0.3 is 6.03 Å². The van der Waals surface area contributed by atoms with Gasteiger partial charge in [0.1, 0.15) is 5.76 Å². The van der Waals surface area contributed by atoms with Gasteiger partial charge in [0, 0.05) is 13.1 Å². The predicted molar refractivity (Wildman–Crippen MR) is 83.9 cm³/mol. The Morgan fingerprint density at radius 3 is 2.57 bits per heavy atom. The van der Waals surface area contributed by atoms with Crippen LogP contribution < -0.4 is 5.32 Å². The highest BCUT2D eigenvalue weighted by Gasteiger charge is 2.21. The SMILES string of the molecule is CN(C(=O)/C=C/c1ccccc1)C(=O)NC([C]=O)c1ccco1. The molecule has 0 saturated carbocycles. The van der Waals surface area contributed by atoms with Crippen molar-refractivity contribution in [1.82, 2.24) is 10.2 Å². The van der Waals surface area contributed by atoms with Crippen LogP contribution in [0.25, 0.3) is 6.08 Å². The monoisotopic (exact) mass is 311 g/mol. The van der Waals surface area contributed by atoms with Crippen LogP contribution in [0.1, 0.15) is 17.4 Å². The van der Waals surface area contributed by atoms with Gasteiger partial charge in [0.15, 0.2) is 6.04 Å². The third-order valence-corrected chi connectivity index (χ3v) is 3.07. The molecule has 117 valence electrons. The highest BCUT2D eigenvalue weighted by Crippen LogP contribution is 2.11. The topological polar surface area (TPSA) is 79.6 Å². The molecule has 0 bridgehead atoms. The molecule has 1 radical (unpaired) electrons. The second kappa shape index (κ2) is 7.74. The second-order valence-electron chi connectivity index (χ2n) is 4.66. The maximum Gasteiger partial charge on any atom is 0.325 e. The molecule has 0 aliphatic rings. The van der Waals surface area contributed by atoms with Gasteiger partial charge in [-0.3, -0.25) is 14.5 Å². The Morgan fingerprint density at radius 1 is 1.22 bits per heavy atom. The average molecular weight is 311 g/mol. The smallest absolute Gasteiger partial charge is 0.325 e. The van der Waals surface area contributed by atoms with E-state index in [1.54, 1.807) is 18.4 Å². The van der Waals surface area contributed by atoms with E-state index in [2.05, 4.69) is 5.32 Å². The molecule has 1 atom stereocenters. The van der Waals surface area contributed by atoms with E-state index < -0.39 is 18.0 Å². The summed E-state index contributed by atoms with van der Waals surface area (Å²) in [5.74, 6) is -0.274. The molecule has 0 aliphatic carbocycles. The highest BCUT2D eigenvalue weighted by atomic mass is 16.3. The fourth-order valence-corrected chi connectivity index (χ4v) is 1.78. The Balaban J connectivity index is 1.97. The van der Waals surface area contributed by atoms with Crippen LogP contribution in [0.15, 0.2) is 59.2 Å². The van der Waals surface area contributed by atoms with Crippen LogP contribution in [0.4, 0.5) is 4.79 Å². The third-order valence-electron chi connectivity index (χ3n) is 3.07. The average Bonchev–Trinajstić information content (AvgIpc) is 3.11. The number of carbonyl (C=O) groups is 2. The number of rotatable bonds is 5. The summed E-state index contributed by atoms with van der Waals surface area (Å²) in [5.41, 5.74) is 0.837. The number of hydrogen-bond acceptors (Lipinski definition) is 4. The number of urea groups is 1. The van der Waals surface area contributed by atoms with Gasteiger partial charge in [-0.1, -0.05) is 30.3 Å². The summed E-state index contributed by atoms with van der Waals surface area (Å²) in [5, 5.41) is 2.36. The third kappa shape index (κ3) is 4.41. The van der Waals surface area contributed by atoms with Crippen LogP contribution in [0, 0.1) is 0 Å². The van der Waals surface area contributed by atoms with Crippen molar-refractivity contribution in [3.8, 4) is 0 Å². The van der Waals surface area contributed by atoms with Gasteiger partial charge in [-0.25, -0.2) is 4.79 Å². The summed E-state index contributed by atoms with van der Waals surface area (Å²) < 4.78 is 5.04. The van der Waals surface area contributed by atoms with E-state index in [1.807, 2.05) is 30.3 Å². The molecule has 0 spiro atoms. The fraction of sp³-hybridized carbons (Fsp3) is 0.118. The minimum absolute atomic E-state index is 0.244. The number of likely N-dealkylation sites (N-methyl/N-ethyl adjacent to an activating group) is 1. The van der Waals surface area contributed by atoms with Gasteiger partial charge < -0.3 is 9.73 Å². The Kier molecular flexibility index (Phi) is 5.46. The first-order valence-electron chi connectivity index (χ1n) is 6.84. The van der Waals surface area contributed by atoms with Gasteiger partial charge in [0.25, 0.3) is 5.91 Å². The molecule has 0 aliphatic heterocycles. The van der Waals surface area contributed by atoms with Crippen molar-refractivity contribution < 1.29 is 18.8 Å². The van der Waals surface area contributed by atoms with Crippen molar-refractivity contribution in [3.63, 3.8) is 0 Å². The molecule has 1 aromatic carbocycles. The van der Waals surface area contributed by atoms with Crippen LogP contribution in [0.5, 0.6) is 0 Å². The standard InChI is InChI=1S/C17H15N2O4/c1-19(16(21)10-9-13-6-3-2-4-7-13)17(22)18-14(12-20)15-8-5-11-23-15/h2-11,14H,1H3,(H,18,22)/b10-9+. The molecular weight excluding hydrogens is 296 g/mol. The lowest BCUT2D eigenvalue weighted by molar-refractivity contribution is -0.122. The molecular formula is C17H15N2O4. The molecule has 1 N–H and O–H groups in total. The maximum atomic E-state index is 12.0. The van der Waals surface area contributed by atoms with E-state index in [0.29, 0.717) is 0 Å². The van der Waals surface area contributed by atoms with Gasteiger partial charge in [-0.15, -0.1) is 0 Å². The van der Waals surface area contributed by atoms with Gasteiger partial charge in [-0.05, 0) is 23.8 Å². The van der Waals surface area contributed by atoms with Gasteiger partial charge in [0.2, 0.25) is 6.29 Å². The Labute approximate surface area is 133 Å². The molecule has 2 aromatic rings. The molecule has 1 aromatic heterocycles. The van der Waals surface area contributed by atoms with Crippen LogP contribution in [0.3, 0.4) is 0 Å². The van der Waals surface area contributed by atoms with Crippen LogP contribution >= 0.6 is 0 Å². The summed E-state index contributed by atoms with van der Waals surface area (Å²) in [6.07, 6.45) is 5.91. The van der Waals surface area contributed by atoms with Crippen LogP contribution in [0.2, 0.25) is 0 Å². The molecule has 6 nitrogen and oxygen atoms in total. The maximum absolute atomic E-state index is 12.0. The first kappa shape index (κ1) is 16.2. The predicted octanol–water partition coefficient (Wildman–Crippen LogP) is 2.31. The molecule has 23 heavy (non-hydrogen) atoms. The number of amides is 3. The summed E-state index contributed by atoms with van der Waals surface area (Å²) >= 11 is 0. The number of hydrogen-bond donors (Lipinski definition) is 1. The summed E-state index contributed by atoms with van der Waals surface area (Å²) in [7, 11) is 1.32. The quantitative estimate of drug-likeness (QED) is 0.859. The zero-order valence-corrected chi connectivity index (χ0v) is 12.4. The lowest BCUT2D eigenvalue weighted by Crippen LogP contribution is -2.42. The molecule has 6 heteroatoms. The van der Waals surface area contributed by atoms with Crippen LogP contribution in [-0.2, 0) is 9.59 Å². The number of carbonyl (C=O) groups excluding carboxylic acids is 3. The van der Waals surface area contributed by atoms with Gasteiger partial charge in [0.05, 0.1) is 6.26 Å². The van der Waals surface area contributed by atoms with E-state index >= 15 is 0 Å². The molecule has 1 unspecified atom stereocenters. The summed E-state index contributed by atoms with van der Waals surface area (Å²) in [6, 6.07) is 10.5. The van der Waals surface area contributed by atoms with Gasteiger partial charge in [-0.2, -0.15) is 0 Å². The lowest BCUT2D eigenvalue weighted by Gasteiger charge is -2.16. The largest absolute Gasteiger partial charge is 0.467 e. The summed E-state index contributed by atoms with van der Waals surface area (Å²) in [6.45, 7) is 0. The van der Waals surface area contributed by atoms with Crippen molar-refractivity contribution in [1.29, 1.82) is 0 Å². The van der Waals surface area contributed by atoms with E-state index in [0.717, 1.165) is 10.5 Å². The van der Waals surface area contributed by atoms with E-state index in [1.165, 1.54) is 25.5 Å². The minimum atomic E-state index is -1.06. The zero-order chi connectivity index (χ0) is 16.7. The van der Waals surface area contributed by atoms with E-state index in [9.17, 15) is 14.4 Å². The highest BCUT2D eigenvalue weighted by molar-refractivity contribution is 6.02. The normalized spacial score (nSPS) is 11.9. The van der Waals surface area contributed by atoms with E-state index in [-0.39, 0.29) is 5.76 Å². The first-order valence-corrected chi connectivity index (χ1v) is 6.84. The number of nitrogens with zero attached hydrogens (tertiary/aromatic N) is 1. The number of imide groups is 1. The van der Waals surface area contributed by atoms with Crippen molar-refractivity contribution in [2.45, 2.75) is 6.04 Å².